The lowest BCUT2D eigenvalue weighted by Crippen LogP contribution is -2.32. The summed E-state index contributed by atoms with van der Waals surface area (Å²) >= 11 is 0. The number of carbonyl (C=O) groups excluding carboxylic acids is 1. The third-order valence-electron chi connectivity index (χ3n) is 3.64. The van der Waals surface area contributed by atoms with Gasteiger partial charge in [0, 0.05) is 18.8 Å². The zero-order valence-corrected chi connectivity index (χ0v) is 12.9. The number of rotatable bonds is 4. The van der Waals surface area contributed by atoms with Gasteiger partial charge in [0.2, 0.25) is 0 Å². The van der Waals surface area contributed by atoms with Gasteiger partial charge in [-0.05, 0) is 18.4 Å². The fourth-order valence-corrected chi connectivity index (χ4v) is 2.33. The highest BCUT2D eigenvalue weighted by Gasteiger charge is 2.24. The summed E-state index contributed by atoms with van der Waals surface area (Å²) in [6.45, 7) is 6.50. The maximum absolute atomic E-state index is 12.3. The monoisotopic (exact) mass is 301 g/mol. The second kappa shape index (κ2) is 5.75. The van der Waals surface area contributed by atoms with Gasteiger partial charge in [-0.2, -0.15) is 5.10 Å². The number of nitrogens with zero attached hydrogens (tertiary/aromatic N) is 4. The highest BCUT2D eigenvalue weighted by molar-refractivity contribution is 5.99. The second-order valence-electron chi connectivity index (χ2n) is 5.84. The highest BCUT2D eigenvalue weighted by atomic mass is 16.6. The van der Waals surface area contributed by atoms with Crippen molar-refractivity contribution in [2.24, 2.45) is 11.1 Å². The van der Waals surface area contributed by atoms with Crippen molar-refractivity contribution in [3.63, 3.8) is 0 Å². The number of nitrogens with one attached hydrogen (secondary N) is 1. The predicted octanol–water partition coefficient (Wildman–Crippen LogP) is 1.57. The number of fused-ring (bicyclic) bond motifs is 1. The summed E-state index contributed by atoms with van der Waals surface area (Å²) in [4.78, 5) is 21.9. The molecule has 3 heterocycles. The van der Waals surface area contributed by atoms with Gasteiger partial charge in [-0.1, -0.05) is 19.0 Å². The van der Waals surface area contributed by atoms with Gasteiger partial charge in [0.25, 0.3) is 5.91 Å². The van der Waals surface area contributed by atoms with Crippen LogP contribution in [-0.4, -0.2) is 38.9 Å². The van der Waals surface area contributed by atoms with Crippen LogP contribution in [0.25, 0.3) is 5.65 Å². The SMILES string of the molecule is Cc1cnc2c(C(=O)NCC3CC(C(C)C)=NO3)cnn2c1. The minimum atomic E-state index is -0.201. The van der Waals surface area contributed by atoms with Crippen LogP contribution in [0.4, 0.5) is 0 Å². The lowest BCUT2D eigenvalue weighted by Gasteiger charge is -2.09. The number of oxime groups is 1. The molecule has 0 fully saturated rings. The Morgan fingerprint density at radius 3 is 3.05 bits per heavy atom. The quantitative estimate of drug-likeness (QED) is 0.929. The summed E-state index contributed by atoms with van der Waals surface area (Å²) < 4.78 is 1.61. The van der Waals surface area contributed by atoms with Gasteiger partial charge in [0.05, 0.1) is 18.5 Å². The van der Waals surface area contributed by atoms with Gasteiger partial charge < -0.3 is 10.2 Å². The number of aryl methyl sites for hydroxylation is 1. The van der Waals surface area contributed by atoms with Gasteiger partial charge in [-0.15, -0.1) is 0 Å². The molecule has 0 aromatic carbocycles. The van der Waals surface area contributed by atoms with Gasteiger partial charge in [-0.3, -0.25) is 4.79 Å². The van der Waals surface area contributed by atoms with E-state index in [-0.39, 0.29) is 12.0 Å². The Hall–Kier alpha value is -2.44. The van der Waals surface area contributed by atoms with Crippen molar-refractivity contribution in [3.8, 4) is 0 Å². The first-order valence-electron chi connectivity index (χ1n) is 7.35. The minimum absolute atomic E-state index is 0.0987. The number of hydrogen-bond donors (Lipinski definition) is 1. The molecule has 3 rings (SSSR count). The first-order valence-corrected chi connectivity index (χ1v) is 7.35. The van der Waals surface area contributed by atoms with E-state index in [1.54, 1.807) is 10.7 Å². The van der Waals surface area contributed by atoms with E-state index >= 15 is 0 Å². The van der Waals surface area contributed by atoms with Crippen LogP contribution in [0.5, 0.6) is 0 Å². The molecule has 1 unspecified atom stereocenters. The fourth-order valence-electron chi connectivity index (χ4n) is 2.33. The van der Waals surface area contributed by atoms with Gasteiger partial charge in [-0.25, -0.2) is 9.50 Å². The molecule has 116 valence electrons. The summed E-state index contributed by atoms with van der Waals surface area (Å²) in [6, 6.07) is 0. The molecule has 1 aliphatic rings. The summed E-state index contributed by atoms with van der Waals surface area (Å²) in [6.07, 6.45) is 5.74. The van der Waals surface area contributed by atoms with E-state index < -0.39 is 0 Å². The Bertz CT molecular complexity index is 735. The maximum atomic E-state index is 12.3. The highest BCUT2D eigenvalue weighted by Crippen LogP contribution is 2.15. The van der Waals surface area contributed by atoms with E-state index in [0.29, 0.717) is 23.7 Å². The molecule has 0 saturated heterocycles. The molecule has 0 aliphatic carbocycles. The average Bonchev–Trinajstić information content (AvgIpc) is 3.11. The van der Waals surface area contributed by atoms with Crippen molar-refractivity contribution >= 4 is 17.3 Å². The van der Waals surface area contributed by atoms with Crippen molar-refractivity contribution < 1.29 is 9.63 Å². The molecule has 2 aromatic heterocycles. The number of aromatic nitrogens is 3. The molecule has 22 heavy (non-hydrogen) atoms. The van der Waals surface area contributed by atoms with Crippen LogP contribution in [0.1, 0.15) is 36.2 Å². The zero-order chi connectivity index (χ0) is 15.7. The molecule has 1 amide bonds. The Morgan fingerprint density at radius 2 is 2.32 bits per heavy atom. The standard InChI is InChI=1S/C15H19N5O2/c1-9(2)13-4-11(22-19-13)6-17-15(21)12-7-18-20-8-10(3)5-16-14(12)20/h5,7-9,11H,4,6H2,1-3H3,(H,17,21). The van der Waals surface area contributed by atoms with Crippen molar-refractivity contribution in [1.29, 1.82) is 0 Å². The number of hydrogen-bond acceptors (Lipinski definition) is 5. The molecular formula is C15H19N5O2. The Kier molecular flexibility index (Phi) is 3.79. The van der Waals surface area contributed by atoms with Crippen LogP contribution in [0.3, 0.4) is 0 Å². The van der Waals surface area contributed by atoms with Crippen LogP contribution < -0.4 is 5.32 Å². The molecular weight excluding hydrogens is 282 g/mol. The summed E-state index contributed by atoms with van der Waals surface area (Å²) in [5.41, 5.74) is 3.03. The van der Waals surface area contributed by atoms with E-state index in [2.05, 4.69) is 34.4 Å². The molecule has 7 nitrogen and oxygen atoms in total. The number of amides is 1. The molecule has 0 spiro atoms. The average molecular weight is 301 g/mol. The summed E-state index contributed by atoms with van der Waals surface area (Å²) in [7, 11) is 0. The van der Waals surface area contributed by atoms with E-state index in [1.165, 1.54) is 6.20 Å². The van der Waals surface area contributed by atoms with E-state index in [1.807, 2.05) is 13.1 Å². The van der Waals surface area contributed by atoms with Crippen LogP contribution in [0.15, 0.2) is 23.7 Å². The normalized spacial score (nSPS) is 17.6. The molecule has 1 atom stereocenters. The minimum Gasteiger partial charge on any atom is -0.390 e. The topological polar surface area (TPSA) is 80.9 Å². The second-order valence-corrected chi connectivity index (χ2v) is 5.84. The lowest BCUT2D eigenvalue weighted by atomic mass is 10.0. The van der Waals surface area contributed by atoms with Crippen LogP contribution in [0.2, 0.25) is 0 Å². The van der Waals surface area contributed by atoms with Crippen LogP contribution >= 0.6 is 0 Å². The van der Waals surface area contributed by atoms with Crippen molar-refractivity contribution in [2.75, 3.05) is 6.54 Å². The van der Waals surface area contributed by atoms with Crippen LogP contribution in [-0.2, 0) is 4.84 Å². The molecule has 0 saturated carbocycles. The van der Waals surface area contributed by atoms with Crippen molar-refractivity contribution in [2.45, 2.75) is 33.3 Å². The van der Waals surface area contributed by atoms with E-state index in [4.69, 9.17) is 4.84 Å². The smallest absolute Gasteiger partial charge is 0.256 e. The number of carbonyl (C=O) groups is 1. The maximum Gasteiger partial charge on any atom is 0.256 e. The van der Waals surface area contributed by atoms with Gasteiger partial charge in [0.15, 0.2) is 5.65 Å². The summed E-state index contributed by atoms with van der Waals surface area (Å²) in [5, 5.41) is 11.1. The molecule has 1 aliphatic heterocycles. The van der Waals surface area contributed by atoms with E-state index in [0.717, 1.165) is 17.7 Å². The third kappa shape index (κ3) is 2.79. The summed E-state index contributed by atoms with van der Waals surface area (Å²) in [5.74, 6) is 0.167. The first-order chi connectivity index (χ1) is 10.5. The molecule has 0 bridgehead atoms. The predicted molar refractivity (Wildman–Crippen MR) is 81.8 cm³/mol. The first kappa shape index (κ1) is 14.5. The van der Waals surface area contributed by atoms with Crippen LogP contribution in [0, 0.1) is 12.8 Å². The Morgan fingerprint density at radius 1 is 1.50 bits per heavy atom. The Labute approximate surface area is 128 Å². The van der Waals surface area contributed by atoms with Crippen molar-refractivity contribution in [3.05, 3.63) is 29.7 Å². The molecule has 2 aromatic rings. The van der Waals surface area contributed by atoms with E-state index in [9.17, 15) is 4.79 Å². The lowest BCUT2D eigenvalue weighted by molar-refractivity contribution is 0.0754. The van der Waals surface area contributed by atoms with Crippen molar-refractivity contribution in [1.82, 2.24) is 19.9 Å². The third-order valence-corrected chi connectivity index (χ3v) is 3.64. The fraction of sp³-hybridized carbons (Fsp3) is 0.467. The molecule has 0 radical (unpaired) electrons. The van der Waals surface area contributed by atoms with Gasteiger partial charge >= 0.3 is 0 Å². The van der Waals surface area contributed by atoms with Gasteiger partial charge in [0.1, 0.15) is 11.7 Å². The largest absolute Gasteiger partial charge is 0.390 e. The Balaban J connectivity index is 1.63. The molecule has 7 heteroatoms. The zero-order valence-electron chi connectivity index (χ0n) is 12.9. The molecule has 1 N–H and O–H groups in total.